The van der Waals surface area contributed by atoms with Gasteiger partial charge in [0.2, 0.25) is 0 Å². The molecule has 1 amide bonds. The highest BCUT2D eigenvalue weighted by Crippen LogP contribution is 2.39. The number of allylic oxidation sites excluding steroid dienone is 1. The number of hydrogen-bond acceptors (Lipinski definition) is 4. The first-order valence-electron chi connectivity index (χ1n) is 10.7. The van der Waals surface area contributed by atoms with Gasteiger partial charge in [0.05, 0.1) is 16.1 Å². The first-order valence-corrected chi connectivity index (χ1v) is 11.5. The number of benzene rings is 2. The summed E-state index contributed by atoms with van der Waals surface area (Å²) in [6.45, 7) is 13.9. The number of anilines is 1. The SMILES string of the molecule is CCN1c2ccc(/C=C3\SC(=Nc4ccc(C)cc4C)NC3=O)cc2C(C)=CC1(C)C. The number of amidine groups is 1. The number of hydrogen-bond donors (Lipinski definition) is 1. The maximum absolute atomic E-state index is 12.6. The molecule has 0 unspecified atom stereocenters. The minimum Gasteiger partial charge on any atom is -0.363 e. The second-order valence-corrected chi connectivity index (χ2v) is 9.80. The van der Waals surface area contributed by atoms with Gasteiger partial charge in [-0.25, -0.2) is 4.99 Å². The van der Waals surface area contributed by atoms with Gasteiger partial charge in [0, 0.05) is 17.8 Å². The second-order valence-electron chi connectivity index (χ2n) is 8.77. The van der Waals surface area contributed by atoms with E-state index in [0.29, 0.717) is 10.1 Å². The number of carbonyl (C=O) groups is 1. The number of aliphatic imine (C=N–C) groups is 1. The number of nitrogens with zero attached hydrogens (tertiary/aromatic N) is 2. The molecule has 5 heteroatoms. The van der Waals surface area contributed by atoms with Crippen LogP contribution in [0.1, 0.15) is 49.9 Å². The van der Waals surface area contributed by atoms with Crippen molar-refractivity contribution in [2.75, 3.05) is 11.4 Å². The lowest BCUT2D eigenvalue weighted by molar-refractivity contribution is -0.115. The molecule has 1 fully saturated rings. The third-order valence-corrected chi connectivity index (χ3v) is 6.75. The van der Waals surface area contributed by atoms with Crippen molar-refractivity contribution in [3.63, 3.8) is 0 Å². The molecule has 2 aliphatic rings. The fraction of sp³-hybridized carbons (Fsp3) is 0.308. The van der Waals surface area contributed by atoms with Gasteiger partial charge in [-0.1, -0.05) is 29.8 Å². The standard InChI is InChI=1S/C26H29N3OS/c1-7-29-22-11-9-19(13-20(22)18(4)15-26(29,5)6)14-23-24(30)28-25(31-23)27-21-10-8-16(2)12-17(21)3/h8-15H,7H2,1-6H3,(H,27,28,30)/b23-14-. The summed E-state index contributed by atoms with van der Waals surface area (Å²) < 4.78 is 0. The minimum atomic E-state index is -0.102. The predicted octanol–water partition coefficient (Wildman–Crippen LogP) is 6.22. The molecule has 2 aliphatic heterocycles. The quantitative estimate of drug-likeness (QED) is 0.587. The van der Waals surface area contributed by atoms with Crippen LogP contribution >= 0.6 is 11.8 Å². The molecular weight excluding hydrogens is 402 g/mol. The van der Waals surface area contributed by atoms with Gasteiger partial charge >= 0.3 is 0 Å². The van der Waals surface area contributed by atoms with Crippen LogP contribution in [0.5, 0.6) is 0 Å². The lowest BCUT2D eigenvalue weighted by atomic mass is 9.88. The molecule has 2 aromatic rings. The number of aryl methyl sites for hydroxylation is 2. The van der Waals surface area contributed by atoms with Crippen molar-refractivity contribution in [1.82, 2.24) is 5.32 Å². The molecule has 0 spiro atoms. The smallest absolute Gasteiger partial charge is 0.264 e. The molecule has 0 radical (unpaired) electrons. The molecule has 2 aromatic carbocycles. The van der Waals surface area contributed by atoms with Gasteiger partial charge in [0.25, 0.3) is 5.91 Å². The van der Waals surface area contributed by atoms with Crippen molar-refractivity contribution in [2.24, 2.45) is 4.99 Å². The van der Waals surface area contributed by atoms with E-state index in [1.165, 1.54) is 34.1 Å². The minimum absolute atomic E-state index is 0.00746. The highest BCUT2D eigenvalue weighted by atomic mass is 32.2. The van der Waals surface area contributed by atoms with Crippen molar-refractivity contribution >= 4 is 45.9 Å². The summed E-state index contributed by atoms with van der Waals surface area (Å²) in [7, 11) is 0. The largest absolute Gasteiger partial charge is 0.363 e. The normalized spacial score (nSPS) is 20.1. The van der Waals surface area contributed by atoms with Crippen molar-refractivity contribution in [3.8, 4) is 0 Å². The van der Waals surface area contributed by atoms with Crippen LogP contribution < -0.4 is 10.2 Å². The number of likely N-dealkylation sites (N-methyl/N-ethyl adjacent to an activating group) is 1. The Bertz CT molecular complexity index is 1160. The summed E-state index contributed by atoms with van der Waals surface area (Å²) in [6, 6.07) is 12.6. The summed E-state index contributed by atoms with van der Waals surface area (Å²) in [4.78, 5) is 20.3. The molecule has 0 aromatic heterocycles. The summed E-state index contributed by atoms with van der Waals surface area (Å²) in [5, 5.41) is 3.52. The highest BCUT2D eigenvalue weighted by Gasteiger charge is 2.30. The average Bonchev–Trinajstić information content (AvgIpc) is 3.03. The van der Waals surface area contributed by atoms with Crippen molar-refractivity contribution < 1.29 is 4.79 Å². The van der Waals surface area contributed by atoms with Crippen LogP contribution in [0.25, 0.3) is 11.6 Å². The van der Waals surface area contributed by atoms with Crippen molar-refractivity contribution in [1.29, 1.82) is 0 Å². The Hall–Kier alpha value is -2.79. The molecule has 4 rings (SSSR count). The Morgan fingerprint density at radius 1 is 1.13 bits per heavy atom. The molecule has 0 bridgehead atoms. The molecule has 31 heavy (non-hydrogen) atoms. The Kier molecular flexibility index (Phi) is 5.56. The monoisotopic (exact) mass is 431 g/mol. The van der Waals surface area contributed by atoms with E-state index in [4.69, 9.17) is 0 Å². The van der Waals surface area contributed by atoms with Crippen LogP contribution in [-0.4, -0.2) is 23.2 Å². The van der Waals surface area contributed by atoms with Crippen LogP contribution in [0.3, 0.4) is 0 Å². The lowest BCUT2D eigenvalue weighted by Gasteiger charge is -2.42. The lowest BCUT2D eigenvalue weighted by Crippen LogP contribution is -2.44. The fourth-order valence-electron chi connectivity index (χ4n) is 4.44. The molecule has 1 saturated heterocycles. The summed E-state index contributed by atoms with van der Waals surface area (Å²) in [5.41, 5.74) is 7.93. The third kappa shape index (κ3) is 4.19. The molecule has 0 atom stereocenters. The van der Waals surface area contributed by atoms with Crippen LogP contribution in [0, 0.1) is 13.8 Å². The number of carbonyl (C=O) groups excluding carboxylic acids is 1. The predicted molar refractivity (Wildman–Crippen MR) is 134 cm³/mol. The molecule has 1 N–H and O–H groups in total. The van der Waals surface area contributed by atoms with E-state index in [2.05, 4.69) is 80.2 Å². The first kappa shape index (κ1) is 21.4. The Morgan fingerprint density at radius 3 is 2.61 bits per heavy atom. The van der Waals surface area contributed by atoms with Crippen molar-refractivity contribution in [3.05, 3.63) is 69.6 Å². The zero-order chi connectivity index (χ0) is 22.3. The van der Waals surface area contributed by atoms with Crippen LogP contribution in [-0.2, 0) is 4.79 Å². The summed E-state index contributed by atoms with van der Waals surface area (Å²) in [5.74, 6) is -0.102. The van der Waals surface area contributed by atoms with Gasteiger partial charge in [0.15, 0.2) is 5.17 Å². The van der Waals surface area contributed by atoms with Crippen LogP contribution in [0.15, 0.2) is 52.4 Å². The number of nitrogens with one attached hydrogen (secondary N) is 1. The second kappa shape index (κ2) is 8.04. The average molecular weight is 432 g/mol. The molecule has 2 heterocycles. The van der Waals surface area contributed by atoms with Crippen molar-refractivity contribution in [2.45, 2.75) is 47.1 Å². The maximum Gasteiger partial charge on any atom is 0.264 e. The number of thioether (sulfide) groups is 1. The number of amides is 1. The Labute approximate surface area is 189 Å². The molecule has 4 nitrogen and oxygen atoms in total. The molecule has 0 aliphatic carbocycles. The van der Waals surface area contributed by atoms with Crippen LogP contribution in [0.2, 0.25) is 0 Å². The summed E-state index contributed by atoms with van der Waals surface area (Å²) >= 11 is 1.39. The molecule has 160 valence electrons. The van der Waals surface area contributed by atoms with E-state index in [0.717, 1.165) is 23.4 Å². The first-order chi connectivity index (χ1) is 14.7. The maximum atomic E-state index is 12.6. The van der Waals surface area contributed by atoms with Gasteiger partial charge in [-0.15, -0.1) is 0 Å². The Balaban J connectivity index is 1.63. The van der Waals surface area contributed by atoms with E-state index in [-0.39, 0.29) is 11.4 Å². The van der Waals surface area contributed by atoms with Gasteiger partial charge in [-0.2, -0.15) is 0 Å². The zero-order valence-electron chi connectivity index (χ0n) is 19.0. The highest BCUT2D eigenvalue weighted by molar-refractivity contribution is 8.18. The fourth-order valence-corrected chi connectivity index (χ4v) is 5.28. The van der Waals surface area contributed by atoms with Gasteiger partial charge in [-0.3, -0.25) is 4.79 Å². The van der Waals surface area contributed by atoms with Gasteiger partial charge < -0.3 is 10.2 Å². The molecule has 0 saturated carbocycles. The number of fused-ring (bicyclic) bond motifs is 1. The van der Waals surface area contributed by atoms with E-state index in [1.807, 2.05) is 25.1 Å². The zero-order valence-corrected chi connectivity index (χ0v) is 19.9. The molecular formula is C26H29N3OS. The topological polar surface area (TPSA) is 44.7 Å². The van der Waals surface area contributed by atoms with E-state index < -0.39 is 0 Å². The Morgan fingerprint density at radius 2 is 1.90 bits per heavy atom. The van der Waals surface area contributed by atoms with Gasteiger partial charge in [0.1, 0.15) is 0 Å². The van der Waals surface area contributed by atoms with E-state index >= 15 is 0 Å². The summed E-state index contributed by atoms with van der Waals surface area (Å²) in [6.07, 6.45) is 4.27. The third-order valence-electron chi connectivity index (χ3n) is 5.84. The van der Waals surface area contributed by atoms with Gasteiger partial charge in [-0.05, 0) is 94.3 Å². The number of rotatable bonds is 3. The van der Waals surface area contributed by atoms with Crippen LogP contribution in [0.4, 0.5) is 11.4 Å². The van der Waals surface area contributed by atoms with E-state index in [9.17, 15) is 4.79 Å². The van der Waals surface area contributed by atoms with E-state index in [1.54, 1.807) is 0 Å².